The highest BCUT2D eigenvalue weighted by Gasteiger charge is 2.13. The lowest BCUT2D eigenvalue weighted by Crippen LogP contribution is -2.45. The lowest BCUT2D eigenvalue weighted by atomic mass is 10.2. The molecular weight excluding hydrogens is 291 g/mol. The van der Waals surface area contributed by atoms with Crippen LogP contribution in [0.1, 0.15) is 5.56 Å². The van der Waals surface area contributed by atoms with Crippen LogP contribution in [0.3, 0.4) is 0 Å². The van der Waals surface area contributed by atoms with Crippen molar-refractivity contribution < 1.29 is 4.74 Å². The van der Waals surface area contributed by atoms with Gasteiger partial charge >= 0.3 is 0 Å². The van der Waals surface area contributed by atoms with Gasteiger partial charge in [0.25, 0.3) is 0 Å². The van der Waals surface area contributed by atoms with Gasteiger partial charge in [0.05, 0.1) is 23.3 Å². The number of benzene rings is 1. The minimum Gasteiger partial charge on any atom is -0.378 e. The van der Waals surface area contributed by atoms with E-state index in [9.17, 15) is 0 Å². The van der Waals surface area contributed by atoms with Gasteiger partial charge in [0.2, 0.25) is 0 Å². The highest BCUT2D eigenvalue weighted by Crippen LogP contribution is 2.22. The summed E-state index contributed by atoms with van der Waals surface area (Å²) in [5, 5.41) is 5.10. The zero-order valence-electron chi connectivity index (χ0n) is 9.79. The van der Waals surface area contributed by atoms with Crippen LogP contribution < -0.4 is 5.32 Å². The Morgan fingerprint density at radius 3 is 2.67 bits per heavy atom. The van der Waals surface area contributed by atoms with Crippen LogP contribution in [0.2, 0.25) is 10.0 Å². The standard InChI is InChI=1S/C12H14Cl2N2OS/c13-10-2-1-9(7-11(10)14)8-15-12(18)16-3-5-17-6-4-16/h1-2,7H,3-6,8H2,(H,15,18). The fraction of sp³-hybridized carbons (Fsp3) is 0.417. The summed E-state index contributed by atoms with van der Waals surface area (Å²) >= 11 is 17.2. The molecule has 1 fully saturated rings. The Labute approximate surface area is 122 Å². The van der Waals surface area contributed by atoms with Crippen LogP contribution in [-0.4, -0.2) is 36.3 Å². The molecule has 0 saturated carbocycles. The summed E-state index contributed by atoms with van der Waals surface area (Å²) in [5.41, 5.74) is 1.06. The zero-order chi connectivity index (χ0) is 13.0. The fourth-order valence-corrected chi connectivity index (χ4v) is 2.28. The number of morpholine rings is 1. The summed E-state index contributed by atoms with van der Waals surface area (Å²) in [6.45, 7) is 3.79. The number of thiocarbonyl (C=S) groups is 1. The first-order chi connectivity index (χ1) is 8.66. The van der Waals surface area contributed by atoms with Crippen LogP contribution in [0.4, 0.5) is 0 Å². The van der Waals surface area contributed by atoms with Crippen LogP contribution in [0.5, 0.6) is 0 Å². The predicted molar refractivity (Wildman–Crippen MR) is 78.3 cm³/mol. The number of ether oxygens (including phenoxy) is 1. The average molecular weight is 305 g/mol. The Bertz CT molecular complexity index is 436. The molecule has 1 saturated heterocycles. The van der Waals surface area contributed by atoms with E-state index >= 15 is 0 Å². The first-order valence-electron chi connectivity index (χ1n) is 5.71. The van der Waals surface area contributed by atoms with Crippen molar-refractivity contribution in [1.82, 2.24) is 10.2 Å². The molecule has 1 aromatic rings. The van der Waals surface area contributed by atoms with E-state index in [0.29, 0.717) is 16.6 Å². The zero-order valence-corrected chi connectivity index (χ0v) is 12.1. The number of nitrogens with zero attached hydrogens (tertiary/aromatic N) is 1. The fourth-order valence-electron chi connectivity index (χ4n) is 1.71. The molecule has 2 rings (SSSR count). The maximum absolute atomic E-state index is 5.96. The third-order valence-electron chi connectivity index (χ3n) is 2.73. The molecule has 0 unspecified atom stereocenters. The first-order valence-corrected chi connectivity index (χ1v) is 6.87. The molecule has 98 valence electrons. The molecule has 0 spiro atoms. The van der Waals surface area contributed by atoms with E-state index in [4.69, 9.17) is 40.2 Å². The molecule has 18 heavy (non-hydrogen) atoms. The van der Waals surface area contributed by atoms with Gasteiger partial charge in [-0.3, -0.25) is 0 Å². The van der Waals surface area contributed by atoms with Crippen molar-refractivity contribution in [3.05, 3.63) is 33.8 Å². The lowest BCUT2D eigenvalue weighted by molar-refractivity contribution is 0.0676. The van der Waals surface area contributed by atoms with Crippen molar-refractivity contribution in [2.24, 2.45) is 0 Å². The van der Waals surface area contributed by atoms with Gasteiger partial charge in [-0.05, 0) is 29.9 Å². The summed E-state index contributed by atoms with van der Waals surface area (Å²) in [6, 6.07) is 5.57. The van der Waals surface area contributed by atoms with Crippen molar-refractivity contribution in [2.75, 3.05) is 26.3 Å². The average Bonchev–Trinajstić information content (AvgIpc) is 2.41. The number of halogens is 2. The molecule has 6 heteroatoms. The molecular formula is C12H14Cl2N2OS. The Kier molecular flexibility index (Phi) is 5.06. The Hall–Kier alpha value is -0.550. The second-order valence-electron chi connectivity index (χ2n) is 4.01. The monoisotopic (exact) mass is 304 g/mol. The summed E-state index contributed by atoms with van der Waals surface area (Å²) in [5.74, 6) is 0. The Morgan fingerprint density at radius 2 is 2.00 bits per heavy atom. The normalized spacial score (nSPS) is 15.6. The van der Waals surface area contributed by atoms with E-state index < -0.39 is 0 Å². The van der Waals surface area contributed by atoms with Crippen molar-refractivity contribution in [1.29, 1.82) is 0 Å². The van der Waals surface area contributed by atoms with Gasteiger partial charge < -0.3 is 15.0 Å². The molecule has 1 N–H and O–H groups in total. The summed E-state index contributed by atoms with van der Waals surface area (Å²) in [7, 11) is 0. The summed E-state index contributed by atoms with van der Waals surface area (Å²) < 4.78 is 5.28. The van der Waals surface area contributed by atoms with Crippen molar-refractivity contribution in [2.45, 2.75) is 6.54 Å². The topological polar surface area (TPSA) is 24.5 Å². The van der Waals surface area contributed by atoms with Crippen LogP contribution in [0.25, 0.3) is 0 Å². The van der Waals surface area contributed by atoms with Crippen LogP contribution in [0.15, 0.2) is 18.2 Å². The van der Waals surface area contributed by atoms with Gasteiger partial charge in [0, 0.05) is 19.6 Å². The molecule has 0 atom stereocenters. The quantitative estimate of drug-likeness (QED) is 0.849. The van der Waals surface area contributed by atoms with Gasteiger partial charge in [-0.15, -0.1) is 0 Å². The van der Waals surface area contributed by atoms with Crippen LogP contribution in [0, 0.1) is 0 Å². The summed E-state index contributed by atoms with van der Waals surface area (Å²) in [6.07, 6.45) is 0. The van der Waals surface area contributed by atoms with Gasteiger partial charge in [0.1, 0.15) is 0 Å². The number of hydrogen-bond donors (Lipinski definition) is 1. The van der Waals surface area contributed by atoms with Gasteiger partial charge in [-0.25, -0.2) is 0 Å². The van der Waals surface area contributed by atoms with E-state index in [1.807, 2.05) is 12.1 Å². The van der Waals surface area contributed by atoms with Crippen LogP contribution in [-0.2, 0) is 11.3 Å². The van der Waals surface area contributed by atoms with E-state index in [1.54, 1.807) is 6.07 Å². The van der Waals surface area contributed by atoms with Gasteiger partial charge in [0.15, 0.2) is 5.11 Å². The SMILES string of the molecule is S=C(NCc1ccc(Cl)c(Cl)c1)N1CCOCC1. The van der Waals surface area contributed by atoms with Crippen molar-refractivity contribution in [3.8, 4) is 0 Å². The minimum atomic E-state index is 0.563. The van der Waals surface area contributed by atoms with E-state index in [0.717, 1.165) is 37.0 Å². The van der Waals surface area contributed by atoms with E-state index in [1.165, 1.54) is 0 Å². The number of hydrogen-bond acceptors (Lipinski definition) is 2. The molecule has 0 radical (unpaired) electrons. The molecule has 3 nitrogen and oxygen atoms in total. The molecule has 0 aliphatic carbocycles. The third-order valence-corrected chi connectivity index (χ3v) is 3.87. The molecule has 1 aliphatic heterocycles. The Balaban J connectivity index is 1.86. The van der Waals surface area contributed by atoms with Gasteiger partial charge in [-0.2, -0.15) is 0 Å². The lowest BCUT2D eigenvalue weighted by Gasteiger charge is -2.29. The van der Waals surface area contributed by atoms with Crippen molar-refractivity contribution in [3.63, 3.8) is 0 Å². The van der Waals surface area contributed by atoms with Crippen molar-refractivity contribution >= 4 is 40.5 Å². The number of nitrogens with one attached hydrogen (secondary N) is 1. The highest BCUT2D eigenvalue weighted by atomic mass is 35.5. The predicted octanol–water partition coefficient (Wildman–Crippen LogP) is 2.70. The minimum absolute atomic E-state index is 0.563. The summed E-state index contributed by atoms with van der Waals surface area (Å²) in [4.78, 5) is 2.11. The first kappa shape index (κ1) is 13.9. The Morgan fingerprint density at radius 1 is 1.28 bits per heavy atom. The van der Waals surface area contributed by atoms with Gasteiger partial charge in [-0.1, -0.05) is 29.3 Å². The molecule has 0 bridgehead atoms. The second-order valence-corrected chi connectivity index (χ2v) is 5.21. The smallest absolute Gasteiger partial charge is 0.169 e. The maximum Gasteiger partial charge on any atom is 0.169 e. The van der Waals surface area contributed by atoms with E-state index in [-0.39, 0.29) is 0 Å². The third kappa shape index (κ3) is 3.72. The van der Waals surface area contributed by atoms with E-state index in [2.05, 4.69) is 10.2 Å². The maximum atomic E-state index is 5.96. The molecule has 1 aliphatic rings. The molecule has 0 amide bonds. The molecule has 1 heterocycles. The highest BCUT2D eigenvalue weighted by molar-refractivity contribution is 7.80. The largest absolute Gasteiger partial charge is 0.378 e. The number of rotatable bonds is 2. The molecule has 1 aromatic carbocycles. The second kappa shape index (κ2) is 6.57. The molecule has 0 aromatic heterocycles. The van der Waals surface area contributed by atoms with Crippen LogP contribution >= 0.6 is 35.4 Å².